The molecule has 3 aromatic rings. The highest BCUT2D eigenvalue weighted by Crippen LogP contribution is 2.46. The average Bonchev–Trinajstić information content (AvgIpc) is 3.16. The van der Waals surface area contributed by atoms with Crippen molar-refractivity contribution >= 4 is 12.0 Å². The lowest BCUT2D eigenvalue weighted by atomic mass is 9.75. The van der Waals surface area contributed by atoms with E-state index in [1.165, 1.54) is 5.56 Å². The summed E-state index contributed by atoms with van der Waals surface area (Å²) < 4.78 is 1.67. The fourth-order valence-corrected chi connectivity index (χ4v) is 4.62. The fourth-order valence-electron chi connectivity index (χ4n) is 4.62. The van der Waals surface area contributed by atoms with Gasteiger partial charge in [-0.05, 0) is 43.2 Å². The molecule has 0 saturated heterocycles. The highest BCUT2D eigenvalue weighted by atomic mass is 16.2. The molecule has 1 heterocycles. The van der Waals surface area contributed by atoms with E-state index in [9.17, 15) is 4.79 Å². The molecule has 3 nitrogen and oxygen atoms in total. The Morgan fingerprint density at radius 3 is 2.30 bits per heavy atom. The summed E-state index contributed by atoms with van der Waals surface area (Å²) in [6.07, 6.45) is 4.21. The van der Waals surface area contributed by atoms with Crippen molar-refractivity contribution in [3.8, 4) is 11.3 Å². The molecule has 1 aliphatic rings. The van der Waals surface area contributed by atoms with Crippen LogP contribution in [0.3, 0.4) is 0 Å². The van der Waals surface area contributed by atoms with Crippen molar-refractivity contribution in [3.63, 3.8) is 0 Å². The molecule has 154 valence electrons. The number of hydrogen-bond acceptors (Lipinski definition) is 2. The van der Waals surface area contributed by atoms with E-state index in [0.717, 1.165) is 35.4 Å². The van der Waals surface area contributed by atoms with E-state index >= 15 is 0 Å². The first kappa shape index (κ1) is 20.3. The Balaban J connectivity index is 1.88. The number of fused-ring (bicyclic) bond motifs is 1. The van der Waals surface area contributed by atoms with Gasteiger partial charge in [0.15, 0.2) is 0 Å². The van der Waals surface area contributed by atoms with Gasteiger partial charge >= 0.3 is 0 Å². The zero-order valence-corrected chi connectivity index (χ0v) is 18.3. The van der Waals surface area contributed by atoms with Gasteiger partial charge in [0.1, 0.15) is 0 Å². The van der Waals surface area contributed by atoms with Crippen LogP contribution in [-0.4, -0.2) is 15.7 Å². The monoisotopic (exact) mass is 398 g/mol. The Hall–Kier alpha value is -2.94. The number of benzene rings is 2. The van der Waals surface area contributed by atoms with E-state index in [1.54, 1.807) is 4.68 Å². The van der Waals surface area contributed by atoms with Crippen molar-refractivity contribution < 1.29 is 4.79 Å². The molecule has 0 radical (unpaired) electrons. The molecule has 3 heteroatoms. The van der Waals surface area contributed by atoms with E-state index in [4.69, 9.17) is 5.10 Å². The quantitative estimate of drug-likeness (QED) is 0.447. The van der Waals surface area contributed by atoms with Crippen molar-refractivity contribution in [1.29, 1.82) is 0 Å². The highest BCUT2D eigenvalue weighted by molar-refractivity contribution is 6.01. The summed E-state index contributed by atoms with van der Waals surface area (Å²) in [6, 6.07) is 20.2. The second kappa shape index (κ2) is 8.43. The third kappa shape index (κ3) is 3.77. The third-order valence-corrected chi connectivity index (χ3v) is 6.27. The molecule has 4 rings (SSSR count). The van der Waals surface area contributed by atoms with Crippen LogP contribution < -0.4 is 0 Å². The normalized spacial score (nSPS) is 19.0. The minimum absolute atomic E-state index is 0.0539. The molecular formula is C27H30N2O. The Morgan fingerprint density at radius 1 is 1.03 bits per heavy atom. The minimum atomic E-state index is -0.0539. The van der Waals surface area contributed by atoms with Crippen molar-refractivity contribution in [1.82, 2.24) is 9.78 Å². The Kier molecular flexibility index (Phi) is 5.72. The highest BCUT2D eigenvalue weighted by Gasteiger charge is 2.35. The second-order valence-electron chi connectivity index (χ2n) is 8.80. The Morgan fingerprint density at radius 2 is 1.67 bits per heavy atom. The summed E-state index contributed by atoms with van der Waals surface area (Å²) in [4.78, 5) is 13.6. The molecule has 0 bridgehead atoms. The van der Waals surface area contributed by atoms with Crippen molar-refractivity contribution in [2.24, 2.45) is 5.92 Å². The van der Waals surface area contributed by atoms with Gasteiger partial charge in [0.05, 0.1) is 11.4 Å². The van der Waals surface area contributed by atoms with Gasteiger partial charge in [0, 0.05) is 22.6 Å². The molecule has 0 aliphatic heterocycles. The van der Waals surface area contributed by atoms with Gasteiger partial charge in [-0.15, -0.1) is 0 Å². The summed E-state index contributed by atoms with van der Waals surface area (Å²) in [5.74, 6) is 1.23. The molecule has 0 fully saturated rings. The SMILES string of the molecule is C/C(=C\c1ccccc1)C(=O)n1nc2c(c1-c1ccccc1)[C@H](C)CC[C@H]2C(C)C. The fraction of sp³-hybridized carbons (Fsp3) is 0.333. The van der Waals surface area contributed by atoms with Gasteiger partial charge in [0.25, 0.3) is 5.91 Å². The molecule has 2 atom stereocenters. The van der Waals surface area contributed by atoms with Crippen molar-refractivity contribution in [2.75, 3.05) is 0 Å². The standard InChI is InChI=1S/C27H30N2O/c1-18(2)23-16-15-19(3)24-25(23)28-29(26(24)22-13-9-6-10-14-22)27(30)20(4)17-21-11-7-5-8-12-21/h5-14,17-19,23H,15-16H2,1-4H3/b20-17+/t19-,23+/m1/s1. The van der Waals surface area contributed by atoms with Gasteiger partial charge in [-0.2, -0.15) is 9.78 Å². The molecule has 0 unspecified atom stereocenters. The summed E-state index contributed by atoms with van der Waals surface area (Å²) in [5.41, 5.74) is 6.11. The number of rotatable bonds is 4. The molecule has 0 spiro atoms. The Labute approximate surface area is 179 Å². The maximum Gasteiger partial charge on any atom is 0.274 e. The van der Waals surface area contributed by atoms with E-state index in [0.29, 0.717) is 23.3 Å². The van der Waals surface area contributed by atoms with E-state index in [-0.39, 0.29) is 5.91 Å². The predicted octanol–water partition coefficient (Wildman–Crippen LogP) is 6.93. The van der Waals surface area contributed by atoms with Crippen LogP contribution in [0.4, 0.5) is 0 Å². The summed E-state index contributed by atoms with van der Waals surface area (Å²) in [7, 11) is 0. The first-order valence-corrected chi connectivity index (χ1v) is 10.9. The van der Waals surface area contributed by atoms with Crippen LogP contribution in [0.15, 0.2) is 66.2 Å². The summed E-state index contributed by atoms with van der Waals surface area (Å²) >= 11 is 0. The van der Waals surface area contributed by atoms with E-state index in [1.807, 2.05) is 61.5 Å². The van der Waals surface area contributed by atoms with Crippen LogP contribution in [0.5, 0.6) is 0 Å². The van der Waals surface area contributed by atoms with Crippen LogP contribution in [-0.2, 0) is 0 Å². The predicted molar refractivity (Wildman–Crippen MR) is 124 cm³/mol. The van der Waals surface area contributed by atoms with Crippen molar-refractivity contribution in [2.45, 2.75) is 52.4 Å². The number of allylic oxidation sites excluding steroid dienone is 1. The number of carbonyl (C=O) groups is 1. The van der Waals surface area contributed by atoms with Gasteiger partial charge in [0.2, 0.25) is 0 Å². The summed E-state index contributed by atoms with van der Waals surface area (Å²) in [5, 5.41) is 4.97. The number of nitrogens with zero attached hydrogens (tertiary/aromatic N) is 2. The number of hydrogen-bond donors (Lipinski definition) is 0. The van der Waals surface area contributed by atoms with Crippen LogP contribution in [0.2, 0.25) is 0 Å². The molecule has 0 amide bonds. The lowest BCUT2D eigenvalue weighted by Crippen LogP contribution is -2.17. The molecule has 30 heavy (non-hydrogen) atoms. The van der Waals surface area contributed by atoms with Crippen LogP contribution in [0.1, 0.15) is 74.0 Å². The smallest absolute Gasteiger partial charge is 0.267 e. The van der Waals surface area contributed by atoms with Crippen LogP contribution in [0.25, 0.3) is 17.3 Å². The maximum absolute atomic E-state index is 13.6. The lowest BCUT2D eigenvalue weighted by molar-refractivity contribution is 0.0942. The van der Waals surface area contributed by atoms with Gasteiger partial charge in [-0.3, -0.25) is 4.79 Å². The zero-order valence-electron chi connectivity index (χ0n) is 18.3. The van der Waals surface area contributed by atoms with Crippen LogP contribution in [0, 0.1) is 5.92 Å². The Bertz CT molecular complexity index is 1060. The van der Waals surface area contributed by atoms with Gasteiger partial charge < -0.3 is 0 Å². The second-order valence-corrected chi connectivity index (χ2v) is 8.80. The first-order valence-electron chi connectivity index (χ1n) is 10.9. The molecule has 1 aromatic heterocycles. The third-order valence-electron chi connectivity index (χ3n) is 6.27. The van der Waals surface area contributed by atoms with Crippen LogP contribution >= 0.6 is 0 Å². The van der Waals surface area contributed by atoms with Crippen molar-refractivity contribution in [3.05, 3.63) is 83.1 Å². The lowest BCUT2D eigenvalue weighted by Gasteiger charge is -2.28. The number of carbonyl (C=O) groups excluding carboxylic acids is 1. The van der Waals surface area contributed by atoms with Gasteiger partial charge in [-0.1, -0.05) is 81.4 Å². The molecule has 2 aromatic carbocycles. The largest absolute Gasteiger partial charge is 0.274 e. The first-order chi connectivity index (χ1) is 14.5. The molecule has 1 aliphatic carbocycles. The topological polar surface area (TPSA) is 34.9 Å². The van der Waals surface area contributed by atoms with E-state index in [2.05, 4.69) is 32.9 Å². The minimum Gasteiger partial charge on any atom is -0.267 e. The molecule has 0 saturated carbocycles. The zero-order chi connectivity index (χ0) is 21.3. The number of aromatic nitrogens is 2. The molecule has 0 N–H and O–H groups in total. The summed E-state index contributed by atoms with van der Waals surface area (Å²) in [6.45, 7) is 8.67. The molecular weight excluding hydrogens is 368 g/mol. The van der Waals surface area contributed by atoms with Gasteiger partial charge in [-0.25, -0.2) is 0 Å². The van der Waals surface area contributed by atoms with E-state index < -0.39 is 0 Å². The maximum atomic E-state index is 13.6. The average molecular weight is 399 g/mol.